The predicted octanol–water partition coefficient (Wildman–Crippen LogP) is 2.64. The lowest BCUT2D eigenvalue weighted by atomic mass is 10.0. The van der Waals surface area contributed by atoms with E-state index in [-0.39, 0.29) is 11.9 Å². The number of rotatable bonds is 4. The zero-order chi connectivity index (χ0) is 14.0. The van der Waals surface area contributed by atoms with Gasteiger partial charge in [-0.15, -0.1) is 0 Å². The van der Waals surface area contributed by atoms with Crippen molar-refractivity contribution in [2.75, 3.05) is 14.2 Å². The van der Waals surface area contributed by atoms with Crippen LogP contribution in [0.4, 0.5) is 4.39 Å². The molecule has 0 saturated heterocycles. The fraction of sp³-hybridized carbons (Fsp3) is 0.308. The van der Waals surface area contributed by atoms with Crippen molar-refractivity contribution in [2.45, 2.75) is 6.04 Å². The van der Waals surface area contributed by atoms with Gasteiger partial charge in [-0.1, -0.05) is 6.07 Å². The standard InChI is InChI=1S/C13H15BrFN3O/c1-16-12(8-4-5-9(14)10(15)6-8)13-11(19-3)7-17-18(13)2/h4-7,12,16H,1-3H3. The fourth-order valence-electron chi connectivity index (χ4n) is 2.07. The second kappa shape index (κ2) is 5.71. The van der Waals surface area contributed by atoms with E-state index >= 15 is 0 Å². The van der Waals surface area contributed by atoms with E-state index in [9.17, 15) is 4.39 Å². The maximum Gasteiger partial charge on any atom is 0.161 e. The third kappa shape index (κ3) is 2.64. The van der Waals surface area contributed by atoms with Gasteiger partial charge in [0.15, 0.2) is 5.75 Å². The Hall–Kier alpha value is -1.40. The number of nitrogens with zero attached hydrogens (tertiary/aromatic N) is 2. The summed E-state index contributed by atoms with van der Waals surface area (Å²) in [6, 6.07) is 4.86. The van der Waals surface area contributed by atoms with Gasteiger partial charge in [0.1, 0.15) is 11.5 Å². The van der Waals surface area contributed by atoms with Crippen LogP contribution in [0.2, 0.25) is 0 Å². The van der Waals surface area contributed by atoms with Gasteiger partial charge in [0.2, 0.25) is 0 Å². The lowest BCUT2D eigenvalue weighted by Gasteiger charge is -2.18. The molecule has 4 nitrogen and oxygen atoms in total. The molecule has 102 valence electrons. The molecule has 6 heteroatoms. The molecular weight excluding hydrogens is 313 g/mol. The minimum atomic E-state index is -0.293. The molecule has 0 amide bonds. The van der Waals surface area contributed by atoms with Gasteiger partial charge >= 0.3 is 0 Å². The molecule has 0 fully saturated rings. The summed E-state index contributed by atoms with van der Waals surface area (Å²) in [4.78, 5) is 0. The van der Waals surface area contributed by atoms with Crippen LogP contribution in [0.25, 0.3) is 0 Å². The highest BCUT2D eigenvalue weighted by atomic mass is 79.9. The first kappa shape index (κ1) is 14.0. The summed E-state index contributed by atoms with van der Waals surface area (Å²) in [6.45, 7) is 0. The molecule has 19 heavy (non-hydrogen) atoms. The first-order chi connectivity index (χ1) is 9.08. The van der Waals surface area contributed by atoms with Crippen LogP contribution in [0, 0.1) is 5.82 Å². The van der Waals surface area contributed by atoms with Crippen molar-refractivity contribution < 1.29 is 9.13 Å². The Balaban J connectivity index is 2.49. The Morgan fingerprint density at radius 1 is 1.47 bits per heavy atom. The molecule has 1 N–H and O–H groups in total. The van der Waals surface area contributed by atoms with Gasteiger partial charge in [-0.3, -0.25) is 4.68 Å². The Morgan fingerprint density at radius 2 is 2.21 bits per heavy atom. The third-order valence-electron chi connectivity index (χ3n) is 3.01. The van der Waals surface area contributed by atoms with Gasteiger partial charge in [0, 0.05) is 7.05 Å². The third-order valence-corrected chi connectivity index (χ3v) is 3.65. The van der Waals surface area contributed by atoms with Crippen LogP contribution >= 0.6 is 15.9 Å². The van der Waals surface area contributed by atoms with E-state index in [1.807, 2.05) is 20.2 Å². The number of ether oxygens (including phenoxy) is 1. The van der Waals surface area contributed by atoms with E-state index in [1.165, 1.54) is 6.07 Å². The second-order valence-corrected chi connectivity index (χ2v) is 4.97. The number of hydrogen-bond acceptors (Lipinski definition) is 3. The van der Waals surface area contributed by atoms with E-state index in [2.05, 4.69) is 26.3 Å². The number of benzene rings is 1. The molecule has 0 saturated carbocycles. The van der Waals surface area contributed by atoms with Gasteiger partial charge in [-0.25, -0.2) is 4.39 Å². The molecule has 1 atom stereocenters. The molecule has 0 radical (unpaired) electrons. The van der Waals surface area contributed by atoms with Gasteiger partial charge in [-0.05, 0) is 40.7 Å². The van der Waals surface area contributed by atoms with Crippen LogP contribution in [0.15, 0.2) is 28.9 Å². The van der Waals surface area contributed by atoms with E-state index in [0.29, 0.717) is 10.2 Å². The van der Waals surface area contributed by atoms with Crippen molar-refractivity contribution in [3.05, 3.63) is 45.9 Å². The number of aryl methyl sites for hydroxylation is 1. The van der Waals surface area contributed by atoms with Crippen LogP contribution in [-0.4, -0.2) is 23.9 Å². The molecule has 1 unspecified atom stereocenters. The molecule has 1 aromatic carbocycles. The van der Waals surface area contributed by atoms with Crippen LogP contribution < -0.4 is 10.1 Å². The van der Waals surface area contributed by atoms with Crippen LogP contribution in [0.3, 0.4) is 0 Å². The quantitative estimate of drug-likeness (QED) is 0.938. The molecule has 0 bridgehead atoms. The lowest BCUT2D eigenvalue weighted by molar-refractivity contribution is 0.402. The number of methoxy groups -OCH3 is 1. The molecule has 0 aliphatic rings. The average molecular weight is 328 g/mol. The van der Waals surface area contributed by atoms with Crippen molar-refractivity contribution >= 4 is 15.9 Å². The Morgan fingerprint density at radius 3 is 2.79 bits per heavy atom. The summed E-state index contributed by atoms with van der Waals surface area (Å²) in [5, 5.41) is 7.33. The maximum absolute atomic E-state index is 13.7. The summed E-state index contributed by atoms with van der Waals surface area (Å²) in [5.41, 5.74) is 1.66. The van der Waals surface area contributed by atoms with Crippen LogP contribution in [0.1, 0.15) is 17.3 Å². The fourth-order valence-corrected chi connectivity index (χ4v) is 2.31. The molecule has 0 aliphatic heterocycles. The normalized spacial score (nSPS) is 12.5. The van der Waals surface area contributed by atoms with E-state index in [0.717, 1.165) is 11.3 Å². The van der Waals surface area contributed by atoms with Crippen molar-refractivity contribution in [3.63, 3.8) is 0 Å². The van der Waals surface area contributed by atoms with Gasteiger partial charge in [0.25, 0.3) is 0 Å². The second-order valence-electron chi connectivity index (χ2n) is 4.12. The Labute approximate surface area is 119 Å². The van der Waals surface area contributed by atoms with E-state index in [4.69, 9.17) is 4.74 Å². The highest BCUT2D eigenvalue weighted by molar-refractivity contribution is 9.10. The van der Waals surface area contributed by atoms with Gasteiger partial charge < -0.3 is 10.1 Å². The zero-order valence-corrected chi connectivity index (χ0v) is 12.5. The average Bonchev–Trinajstić information content (AvgIpc) is 2.76. The number of nitrogens with one attached hydrogen (secondary N) is 1. The molecular formula is C13H15BrFN3O. The van der Waals surface area contributed by atoms with Crippen LogP contribution in [0.5, 0.6) is 5.75 Å². The predicted molar refractivity (Wildman–Crippen MR) is 74.8 cm³/mol. The summed E-state index contributed by atoms with van der Waals surface area (Å²) < 4.78 is 21.1. The van der Waals surface area contributed by atoms with Crippen molar-refractivity contribution in [1.82, 2.24) is 15.1 Å². The molecule has 2 aromatic rings. The Kier molecular flexibility index (Phi) is 4.21. The van der Waals surface area contributed by atoms with Gasteiger partial charge in [-0.2, -0.15) is 5.10 Å². The SMILES string of the molecule is CNC(c1ccc(Br)c(F)c1)c1c(OC)cnn1C. The minimum absolute atomic E-state index is 0.190. The van der Waals surface area contributed by atoms with Crippen molar-refractivity contribution in [3.8, 4) is 5.75 Å². The Bertz CT molecular complexity index is 585. The topological polar surface area (TPSA) is 39.1 Å². The first-order valence-corrected chi connectivity index (χ1v) is 6.56. The van der Waals surface area contributed by atoms with Crippen molar-refractivity contribution in [2.24, 2.45) is 7.05 Å². The van der Waals surface area contributed by atoms with Crippen LogP contribution in [-0.2, 0) is 7.05 Å². The van der Waals surface area contributed by atoms with E-state index < -0.39 is 0 Å². The maximum atomic E-state index is 13.7. The first-order valence-electron chi connectivity index (χ1n) is 5.76. The number of hydrogen-bond donors (Lipinski definition) is 1. The highest BCUT2D eigenvalue weighted by Gasteiger charge is 2.21. The summed E-state index contributed by atoms with van der Waals surface area (Å²) in [6.07, 6.45) is 1.65. The molecule has 1 heterocycles. The summed E-state index contributed by atoms with van der Waals surface area (Å²) >= 11 is 3.15. The molecule has 0 aliphatic carbocycles. The van der Waals surface area contributed by atoms with Gasteiger partial charge in [0.05, 0.1) is 23.8 Å². The number of halogens is 2. The monoisotopic (exact) mass is 327 g/mol. The molecule has 2 rings (SSSR count). The minimum Gasteiger partial charge on any atom is -0.493 e. The molecule has 0 spiro atoms. The van der Waals surface area contributed by atoms with E-state index in [1.54, 1.807) is 24.1 Å². The smallest absolute Gasteiger partial charge is 0.161 e. The number of aromatic nitrogens is 2. The zero-order valence-electron chi connectivity index (χ0n) is 10.9. The molecule has 1 aromatic heterocycles. The summed E-state index contributed by atoms with van der Waals surface area (Å²) in [7, 11) is 5.24. The lowest BCUT2D eigenvalue weighted by Crippen LogP contribution is -2.21. The van der Waals surface area contributed by atoms with Crippen molar-refractivity contribution in [1.29, 1.82) is 0 Å². The highest BCUT2D eigenvalue weighted by Crippen LogP contribution is 2.30. The largest absolute Gasteiger partial charge is 0.493 e. The summed E-state index contributed by atoms with van der Waals surface area (Å²) in [5.74, 6) is 0.379.